The Balaban J connectivity index is 1.14. The van der Waals surface area contributed by atoms with Gasteiger partial charge in [0.05, 0.1) is 22.2 Å². The largest absolute Gasteiger partial charge is 0.455 e. The van der Waals surface area contributed by atoms with Crippen molar-refractivity contribution in [2.45, 2.75) is 5.41 Å². The van der Waals surface area contributed by atoms with E-state index >= 15 is 0 Å². The van der Waals surface area contributed by atoms with Crippen molar-refractivity contribution in [1.82, 2.24) is 0 Å². The van der Waals surface area contributed by atoms with Crippen LogP contribution in [0.2, 0.25) is 0 Å². The van der Waals surface area contributed by atoms with Crippen molar-refractivity contribution in [3.8, 4) is 33.4 Å². The van der Waals surface area contributed by atoms with Crippen LogP contribution in [0.5, 0.6) is 0 Å². The van der Waals surface area contributed by atoms with Gasteiger partial charge in [-0.25, -0.2) is 0 Å². The molecule has 1 heterocycles. The lowest BCUT2D eigenvalue weighted by molar-refractivity contribution is 0.670. The molecule has 0 saturated carbocycles. The molecule has 65 heavy (non-hydrogen) atoms. The third-order valence-electron chi connectivity index (χ3n) is 13.7. The van der Waals surface area contributed by atoms with Gasteiger partial charge in [-0.05, 0) is 102 Å². The Labute approximate surface area is 377 Å². The van der Waals surface area contributed by atoms with E-state index in [0.29, 0.717) is 0 Å². The molecule has 2 heteroatoms. The fourth-order valence-corrected chi connectivity index (χ4v) is 11.0. The number of rotatable bonds is 7. The van der Waals surface area contributed by atoms with Crippen molar-refractivity contribution in [1.29, 1.82) is 0 Å². The molecule has 304 valence electrons. The summed E-state index contributed by atoms with van der Waals surface area (Å²) < 4.78 is 7.21. The second kappa shape index (κ2) is 14.8. The Morgan fingerprint density at radius 1 is 0.354 bits per heavy atom. The highest BCUT2D eigenvalue weighted by Crippen LogP contribution is 2.58. The molecule has 0 spiro atoms. The molecule has 0 N–H and O–H groups in total. The summed E-state index contributed by atoms with van der Waals surface area (Å²) >= 11 is 0. The van der Waals surface area contributed by atoms with Gasteiger partial charge in [0, 0.05) is 22.2 Å². The molecule has 0 unspecified atom stereocenters. The smallest absolute Gasteiger partial charge is 0.143 e. The number of nitrogens with zero attached hydrogens (tertiary/aromatic N) is 1. The van der Waals surface area contributed by atoms with Crippen LogP contribution in [0.15, 0.2) is 253 Å². The molecule has 11 aromatic carbocycles. The van der Waals surface area contributed by atoms with E-state index in [9.17, 15) is 0 Å². The Bertz CT molecular complexity index is 3730. The van der Waals surface area contributed by atoms with E-state index in [1.165, 1.54) is 54.9 Å². The van der Waals surface area contributed by atoms with E-state index in [1.54, 1.807) is 0 Å². The highest BCUT2D eigenvalue weighted by atomic mass is 16.3. The van der Waals surface area contributed by atoms with Crippen molar-refractivity contribution >= 4 is 60.5 Å². The number of anilines is 3. The van der Waals surface area contributed by atoms with Gasteiger partial charge in [-0.15, -0.1) is 0 Å². The summed E-state index contributed by atoms with van der Waals surface area (Å²) in [6.45, 7) is 0. The topological polar surface area (TPSA) is 16.4 Å². The molecule has 0 bridgehead atoms. The Hall–Kier alpha value is -8.46. The zero-order chi connectivity index (χ0) is 42.9. The zero-order valence-electron chi connectivity index (χ0n) is 35.5. The first-order valence-electron chi connectivity index (χ1n) is 22.4. The lowest BCUT2D eigenvalue weighted by Gasteiger charge is -2.35. The van der Waals surface area contributed by atoms with Gasteiger partial charge in [0.1, 0.15) is 11.2 Å². The van der Waals surface area contributed by atoms with Crippen LogP contribution in [-0.2, 0) is 5.41 Å². The number of furan rings is 1. The van der Waals surface area contributed by atoms with Crippen molar-refractivity contribution in [3.05, 3.63) is 271 Å². The van der Waals surface area contributed by atoms with Gasteiger partial charge in [-0.1, -0.05) is 212 Å². The maximum absolute atomic E-state index is 7.21. The summed E-state index contributed by atoms with van der Waals surface area (Å²) in [4.78, 5) is 2.48. The third kappa shape index (κ3) is 5.60. The molecule has 1 aromatic heterocycles. The molecular formula is C63H41NO. The maximum Gasteiger partial charge on any atom is 0.143 e. The van der Waals surface area contributed by atoms with Crippen LogP contribution < -0.4 is 4.90 Å². The number of fused-ring (bicyclic) bond motifs is 8. The quantitative estimate of drug-likeness (QED) is 0.159. The fraction of sp³-hybridized carbons (Fsp3) is 0.0159. The first-order valence-corrected chi connectivity index (χ1v) is 22.4. The molecule has 1 aliphatic rings. The Kier molecular flexibility index (Phi) is 8.47. The summed E-state index contributed by atoms with van der Waals surface area (Å²) in [7, 11) is 0. The summed E-state index contributed by atoms with van der Waals surface area (Å²) in [6, 6.07) is 90.7. The molecule has 0 aliphatic heterocycles. The van der Waals surface area contributed by atoms with Gasteiger partial charge in [0.15, 0.2) is 0 Å². The fourth-order valence-electron chi connectivity index (χ4n) is 11.0. The van der Waals surface area contributed by atoms with Crippen molar-refractivity contribution in [3.63, 3.8) is 0 Å². The van der Waals surface area contributed by atoms with Gasteiger partial charge in [0.2, 0.25) is 0 Å². The van der Waals surface area contributed by atoms with Gasteiger partial charge >= 0.3 is 0 Å². The lowest BCUT2D eigenvalue weighted by Crippen LogP contribution is -2.28. The molecular weight excluding hydrogens is 787 g/mol. The number of hydrogen-bond donors (Lipinski definition) is 0. The van der Waals surface area contributed by atoms with E-state index in [2.05, 4.69) is 254 Å². The number of benzene rings is 11. The van der Waals surface area contributed by atoms with E-state index in [1.807, 2.05) is 0 Å². The van der Waals surface area contributed by atoms with Crippen molar-refractivity contribution in [2.24, 2.45) is 0 Å². The Morgan fingerprint density at radius 3 is 1.71 bits per heavy atom. The van der Waals surface area contributed by atoms with Gasteiger partial charge in [0.25, 0.3) is 0 Å². The molecule has 1 aliphatic carbocycles. The summed E-state index contributed by atoms with van der Waals surface area (Å²) in [5.74, 6) is 0. The average Bonchev–Trinajstić information content (AvgIpc) is 3.90. The zero-order valence-corrected chi connectivity index (χ0v) is 35.5. The van der Waals surface area contributed by atoms with Gasteiger partial charge in [-0.2, -0.15) is 0 Å². The standard InChI is InChI=1S/C63H41NO/c1-4-20-43(21-5-1)49-30-15-17-35-57(49)64(47-38-39-52-51-32-14-16-34-55(51)63(56(52)41-47,45-25-6-2-7-26-45)46-27-8-3-9-28-46)58-36-19-37-59-61(58)54-40-44-23-11-13-31-50(44)60(62(54)65-59)53-33-18-24-42-22-10-12-29-48(42)53/h1-41H. The van der Waals surface area contributed by atoms with E-state index in [-0.39, 0.29) is 0 Å². The molecule has 2 nitrogen and oxygen atoms in total. The van der Waals surface area contributed by atoms with Gasteiger partial charge < -0.3 is 9.32 Å². The van der Waals surface area contributed by atoms with Crippen LogP contribution in [0.1, 0.15) is 22.3 Å². The van der Waals surface area contributed by atoms with Crippen molar-refractivity contribution in [2.75, 3.05) is 4.90 Å². The summed E-state index contributed by atoms with van der Waals surface area (Å²) in [5, 5.41) is 6.88. The maximum atomic E-state index is 7.21. The predicted molar refractivity (Wildman–Crippen MR) is 272 cm³/mol. The van der Waals surface area contributed by atoms with Crippen LogP contribution in [0.3, 0.4) is 0 Å². The van der Waals surface area contributed by atoms with Crippen LogP contribution in [0, 0.1) is 0 Å². The van der Waals surface area contributed by atoms with E-state index < -0.39 is 5.41 Å². The molecule has 0 fully saturated rings. The van der Waals surface area contributed by atoms with Crippen LogP contribution >= 0.6 is 0 Å². The second-order valence-corrected chi connectivity index (χ2v) is 17.1. The highest BCUT2D eigenvalue weighted by Gasteiger charge is 2.46. The lowest BCUT2D eigenvalue weighted by atomic mass is 9.67. The molecule has 0 atom stereocenters. The Morgan fingerprint density at radius 2 is 0.923 bits per heavy atom. The second-order valence-electron chi connectivity index (χ2n) is 17.1. The van der Waals surface area contributed by atoms with Crippen molar-refractivity contribution < 1.29 is 4.42 Å². The minimum absolute atomic E-state index is 0.560. The molecule has 0 saturated heterocycles. The molecule has 12 aromatic rings. The van der Waals surface area contributed by atoms with E-state index in [0.717, 1.165) is 61.3 Å². The first kappa shape index (κ1) is 37.1. The van der Waals surface area contributed by atoms with Crippen LogP contribution in [-0.4, -0.2) is 0 Å². The first-order chi connectivity index (χ1) is 32.3. The van der Waals surface area contributed by atoms with Crippen LogP contribution in [0.4, 0.5) is 17.1 Å². The normalized spacial score (nSPS) is 12.7. The minimum atomic E-state index is -0.560. The van der Waals surface area contributed by atoms with E-state index in [4.69, 9.17) is 4.42 Å². The third-order valence-corrected chi connectivity index (χ3v) is 13.7. The van der Waals surface area contributed by atoms with Crippen LogP contribution in [0.25, 0.3) is 76.9 Å². The number of hydrogen-bond acceptors (Lipinski definition) is 2. The summed E-state index contributed by atoms with van der Waals surface area (Å²) in [6.07, 6.45) is 0. The van der Waals surface area contributed by atoms with Gasteiger partial charge in [-0.3, -0.25) is 0 Å². The predicted octanol–water partition coefficient (Wildman–Crippen LogP) is 17.1. The summed E-state index contributed by atoms with van der Waals surface area (Å²) in [5.41, 5.74) is 16.4. The SMILES string of the molecule is c1ccc(-c2ccccc2N(c2ccc3c(c2)C(c2ccccc2)(c2ccccc2)c2ccccc2-3)c2cccc3oc4c(-c5cccc6ccccc56)c5ccccc5cc4c23)cc1. The highest BCUT2D eigenvalue weighted by molar-refractivity contribution is 6.23. The molecule has 0 radical (unpaired) electrons. The molecule has 13 rings (SSSR count). The number of para-hydroxylation sites is 1. The molecule has 0 amide bonds. The monoisotopic (exact) mass is 827 g/mol. The average molecular weight is 828 g/mol. The minimum Gasteiger partial charge on any atom is -0.455 e.